The molecule has 8 nitrogen and oxygen atoms in total. The fraction of sp³-hybridized carbons (Fsp3) is 0. The number of rotatable bonds is 9. The second-order valence-corrected chi connectivity index (χ2v) is 26.5. The molecule has 0 aliphatic carbocycles. The molecule has 0 bridgehead atoms. The van der Waals surface area contributed by atoms with E-state index >= 15 is 0 Å². The third kappa shape index (κ3) is 8.80. The van der Waals surface area contributed by atoms with Gasteiger partial charge in [0.1, 0.15) is 22.3 Å². The molecule has 0 atom stereocenters. The van der Waals surface area contributed by atoms with Crippen LogP contribution < -0.4 is 0 Å². The zero-order valence-electron chi connectivity index (χ0n) is 51.0. The normalized spacial score (nSPS) is 12.0. The van der Waals surface area contributed by atoms with Gasteiger partial charge < -0.3 is 8.83 Å². The molecule has 20 rings (SSSR count). The van der Waals surface area contributed by atoms with Crippen LogP contribution in [-0.2, 0) is 0 Å². The topological polar surface area (TPSA) is 104 Å². The van der Waals surface area contributed by atoms with E-state index < -0.39 is 0 Å². The summed E-state index contributed by atoms with van der Waals surface area (Å²) in [5, 5.41) is 11.1. The van der Waals surface area contributed by atoms with Crippen LogP contribution in [0.2, 0.25) is 0 Å². The molecular weight excluding hydrogens is 1210 g/mol. The minimum absolute atomic E-state index is 0.575. The average Bonchev–Trinajstić information content (AvgIpc) is 1.55. The van der Waals surface area contributed by atoms with Crippen molar-refractivity contribution in [1.29, 1.82) is 0 Å². The van der Waals surface area contributed by atoms with E-state index in [2.05, 4.69) is 249 Å². The first-order valence-corrected chi connectivity index (χ1v) is 33.6. The Bertz CT molecular complexity index is 6570. The van der Waals surface area contributed by atoms with E-state index in [4.69, 9.17) is 38.7 Å². The lowest BCUT2D eigenvalue weighted by Gasteiger charge is -2.12. The molecule has 0 radical (unpaired) electrons. The van der Waals surface area contributed by atoms with Crippen molar-refractivity contribution >= 4 is 129 Å². The van der Waals surface area contributed by atoms with Crippen molar-refractivity contribution in [2.24, 2.45) is 0 Å². The van der Waals surface area contributed by atoms with Gasteiger partial charge in [0.2, 0.25) is 0 Å². The maximum atomic E-state index is 6.61. The standard InChI is InChI=1S/C86H48N6O2S2/c1-3-18-61-58(16-1)78(91-80-65-21-7-11-29-75(65)95-83(61)80)54-41-37-52(38-42-54)69-47-68(88-86(89-69)67-25-13-23-60-57-15-5-9-26-72(57)94-82(60)67)51-35-31-49(32-36-51)50-33-45-56(46-34-50)85-87-70(48-71(90-85)63-24-14-28-74-77(63)64-20-6-10-27-73(64)93-74)53-39-43-55(44-40-53)79-59-17-2-4-19-62(59)84-81(92-79)66-22-8-12-30-76(66)96-84/h1-48H. The number of furan rings is 2. The van der Waals surface area contributed by atoms with Crippen LogP contribution in [0.5, 0.6) is 0 Å². The largest absolute Gasteiger partial charge is 0.456 e. The maximum Gasteiger partial charge on any atom is 0.164 e. The van der Waals surface area contributed by atoms with Crippen LogP contribution in [0.3, 0.4) is 0 Å². The number of aromatic nitrogens is 6. The Balaban J connectivity index is 0.660. The summed E-state index contributed by atoms with van der Waals surface area (Å²) in [5.74, 6) is 1.19. The number of nitrogens with zero attached hydrogens (tertiary/aromatic N) is 6. The lowest BCUT2D eigenvalue weighted by Crippen LogP contribution is -1.97. The average molecular weight is 1260 g/mol. The molecule has 0 spiro atoms. The van der Waals surface area contributed by atoms with Crippen LogP contribution in [0, 0.1) is 0 Å². The number of thiophene rings is 2. The molecule has 0 fully saturated rings. The van der Waals surface area contributed by atoms with Crippen LogP contribution in [0.15, 0.2) is 300 Å². The number of fused-ring (bicyclic) bond motifs is 16. The molecule has 8 aromatic heterocycles. The molecule has 8 heterocycles. The summed E-state index contributed by atoms with van der Waals surface area (Å²) in [6.07, 6.45) is 0. The highest BCUT2D eigenvalue weighted by Gasteiger charge is 2.22. The SMILES string of the molecule is c1ccc2c(c1)oc1c(-c3nc(-c4ccc(-c5ccc(-c6nc(-c7ccc(-c8nc9c%10ccccc%10sc9c9ccccc89)cc7)cc(-c7cccc8oc9ccccc9c78)n6)cc5)cc4)cc(-c4ccc(-c5nc6c7ccccc7sc6c6ccccc56)cc4)n3)cccc12. The zero-order chi connectivity index (χ0) is 63.0. The smallest absolute Gasteiger partial charge is 0.164 e. The molecule has 12 aromatic carbocycles. The van der Waals surface area contributed by atoms with Gasteiger partial charge in [-0.25, -0.2) is 29.9 Å². The van der Waals surface area contributed by atoms with Gasteiger partial charge >= 0.3 is 0 Å². The third-order valence-corrected chi connectivity index (χ3v) is 21.2. The van der Waals surface area contributed by atoms with E-state index in [0.717, 1.165) is 155 Å². The Kier molecular flexibility index (Phi) is 12.2. The van der Waals surface area contributed by atoms with Gasteiger partial charge in [0.25, 0.3) is 0 Å². The molecular formula is C86H48N6O2S2. The lowest BCUT2D eigenvalue weighted by atomic mass is 9.98. The summed E-state index contributed by atoms with van der Waals surface area (Å²) < 4.78 is 17.9. The van der Waals surface area contributed by atoms with E-state index in [1.54, 1.807) is 22.7 Å². The molecule has 20 aromatic rings. The number of hydrogen-bond donors (Lipinski definition) is 0. The zero-order valence-corrected chi connectivity index (χ0v) is 52.7. The molecule has 0 saturated heterocycles. The van der Waals surface area contributed by atoms with E-state index in [0.29, 0.717) is 11.6 Å². The maximum absolute atomic E-state index is 6.61. The summed E-state index contributed by atoms with van der Waals surface area (Å²) in [6.45, 7) is 0. The second-order valence-electron chi connectivity index (χ2n) is 24.4. The van der Waals surface area contributed by atoms with E-state index in [1.807, 2.05) is 42.5 Å². The molecule has 0 unspecified atom stereocenters. The van der Waals surface area contributed by atoms with E-state index in [-0.39, 0.29) is 0 Å². The van der Waals surface area contributed by atoms with Gasteiger partial charge in [0.05, 0.1) is 60.2 Å². The van der Waals surface area contributed by atoms with Gasteiger partial charge in [-0.15, -0.1) is 22.7 Å². The van der Waals surface area contributed by atoms with Crippen molar-refractivity contribution in [3.63, 3.8) is 0 Å². The highest BCUT2D eigenvalue weighted by atomic mass is 32.1. The van der Waals surface area contributed by atoms with Gasteiger partial charge in [-0.1, -0.05) is 243 Å². The highest BCUT2D eigenvalue weighted by Crippen LogP contribution is 2.45. The molecule has 0 aliphatic heterocycles. The third-order valence-electron chi connectivity index (χ3n) is 18.8. The molecule has 96 heavy (non-hydrogen) atoms. The summed E-state index contributed by atoms with van der Waals surface area (Å²) in [4.78, 5) is 32.2. The van der Waals surface area contributed by atoms with Crippen molar-refractivity contribution in [1.82, 2.24) is 29.9 Å². The summed E-state index contributed by atoms with van der Waals surface area (Å²) >= 11 is 3.61. The van der Waals surface area contributed by atoms with E-state index in [9.17, 15) is 0 Å². The number of para-hydroxylation sites is 3. The first-order valence-electron chi connectivity index (χ1n) is 32.0. The van der Waals surface area contributed by atoms with Crippen LogP contribution in [0.25, 0.3) is 207 Å². The molecule has 0 saturated carbocycles. The van der Waals surface area contributed by atoms with Gasteiger partial charge in [-0.3, -0.25) is 0 Å². The first-order chi connectivity index (χ1) is 47.5. The number of benzene rings is 12. The van der Waals surface area contributed by atoms with Crippen molar-refractivity contribution in [2.75, 3.05) is 0 Å². The van der Waals surface area contributed by atoms with Crippen LogP contribution in [0.1, 0.15) is 0 Å². The number of pyridine rings is 2. The van der Waals surface area contributed by atoms with Gasteiger partial charge in [-0.2, -0.15) is 0 Å². The fourth-order valence-corrected chi connectivity index (χ4v) is 16.5. The Labute approximate surface area is 556 Å². The molecule has 0 N–H and O–H groups in total. The number of hydrogen-bond acceptors (Lipinski definition) is 10. The molecule has 446 valence electrons. The van der Waals surface area contributed by atoms with Crippen LogP contribution >= 0.6 is 22.7 Å². The molecule has 10 heteroatoms. The van der Waals surface area contributed by atoms with Gasteiger partial charge in [0.15, 0.2) is 11.6 Å². The van der Waals surface area contributed by atoms with Crippen LogP contribution in [0.4, 0.5) is 0 Å². The summed E-state index contributed by atoms with van der Waals surface area (Å²) in [7, 11) is 0. The summed E-state index contributed by atoms with van der Waals surface area (Å²) in [6, 6.07) is 102. The van der Waals surface area contributed by atoms with Gasteiger partial charge in [0, 0.05) is 102 Å². The minimum Gasteiger partial charge on any atom is -0.456 e. The summed E-state index contributed by atoms with van der Waals surface area (Å²) in [5.41, 5.74) is 20.1. The lowest BCUT2D eigenvalue weighted by molar-refractivity contribution is 0.669. The Morgan fingerprint density at radius 1 is 0.240 bits per heavy atom. The van der Waals surface area contributed by atoms with Crippen molar-refractivity contribution in [3.8, 4) is 101 Å². The van der Waals surface area contributed by atoms with Crippen LogP contribution in [-0.4, -0.2) is 29.9 Å². The Hall–Kier alpha value is -12.3. The van der Waals surface area contributed by atoms with Crippen molar-refractivity contribution in [2.45, 2.75) is 0 Å². The first kappa shape index (κ1) is 54.2. The predicted octanol–water partition coefficient (Wildman–Crippen LogP) is 23.9. The molecule has 0 aliphatic rings. The van der Waals surface area contributed by atoms with Crippen molar-refractivity contribution in [3.05, 3.63) is 291 Å². The van der Waals surface area contributed by atoms with Gasteiger partial charge in [-0.05, 0) is 59.7 Å². The fourth-order valence-electron chi connectivity index (χ4n) is 14.1. The van der Waals surface area contributed by atoms with E-state index in [1.165, 1.54) is 40.3 Å². The molecule has 0 amide bonds. The predicted molar refractivity (Wildman–Crippen MR) is 397 cm³/mol. The minimum atomic E-state index is 0.575. The monoisotopic (exact) mass is 1260 g/mol. The van der Waals surface area contributed by atoms with Crippen molar-refractivity contribution < 1.29 is 8.83 Å². The quantitative estimate of drug-likeness (QED) is 0.141. The highest BCUT2D eigenvalue weighted by molar-refractivity contribution is 7.27. The Morgan fingerprint density at radius 2 is 0.625 bits per heavy atom. The Morgan fingerprint density at radius 3 is 1.19 bits per heavy atom. The second kappa shape index (κ2) is 21.6.